The van der Waals surface area contributed by atoms with Gasteiger partial charge < -0.3 is 11.1 Å². The number of nitrogens with zero attached hydrogens (tertiary/aromatic N) is 3. The first-order chi connectivity index (χ1) is 13.1. The summed E-state index contributed by atoms with van der Waals surface area (Å²) in [5.74, 6) is 1.05. The summed E-state index contributed by atoms with van der Waals surface area (Å²) in [5, 5.41) is 3.21. The molecule has 0 saturated carbocycles. The maximum absolute atomic E-state index is 6.09. The predicted octanol–water partition coefficient (Wildman–Crippen LogP) is 3.23. The highest BCUT2D eigenvalue weighted by molar-refractivity contribution is 14.0. The lowest BCUT2D eigenvalue weighted by Gasteiger charge is -2.37. The number of aliphatic imine (C=N–C) groups is 1. The first-order valence-corrected chi connectivity index (χ1v) is 9.88. The Labute approximate surface area is 185 Å². The number of guanidine groups is 1. The van der Waals surface area contributed by atoms with Crippen molar-refractivity contribution in [2.45, 2.75) is 39.3 Å². The Balaban J connectivity index is 0.00000280. The molecule has 152 valence electrons. The topological polar surface area (TPSA) is 66.5 Å². The Morgan fingerprint density at radius 3 is 2.64 bits per heavy atom. The number of hydrogen-bond donors (Lipinski definition) is 2. The average molecular weight is 493 g/mol. The van der Waals surface area contributed by atoms with Crippen LogP contribution in [0.25, 0.3) is 0 Å². The summed E-state index contributed by atoms with van der Waals surface area (Å²) in [6.45, 7) is 8.10. The first-order valence-electron chi connectivity index (χ1n) is 9.88. The van der Waals surface area contributed by atoms with Crippen LogP contribution in [0.3, 0.4) is 0 Å². The monoisotopic (exact) mass is 493 g/mol. The fourth-order valence-electron chi connectivity index (χ4n) is 3.66. The first kappa shape index (κ1) is 22.6. The van der Waals surface area contributed by atoms with E-state index in [1.54, 1.807) is 0 Å². The van der Waals surface area contributed by atoms with Crippen molar-refractivity contribution in [1.29, 1.82) is 0 Å². The number of halogens is 1. The van der Waals surface area contributed by atoms with Gasteiger partial charge in [0.05, 0.1) is 6.54 Å². The number of fused-ring (bicyclic) bond motifs is 1. The molecule has 0 saturated heterocycles. The number of nitrogens with two attached hydrogens (primary N) is 1. The zero-order chi connectivity index (χ0) is 19.1. The molecule has 1 aliphatic heterocycles. The maximum Gasteiger partial charge on any atom is 0.188 e. The van der Waals surface area contributed by atoms with Crippen LogP contribution in [0.4, 0.5) is 0 Å². The molecular formula is C22H32IN5. The van der Waals surface area contributed by atoms with Gasteiger partial charge in [-0.3, -0.25) is 14.9 Å². The third-order valence-corrected chi connectivity index (χ3v) is 5.26. The van der Waals surface area contributed by atoms with Crippen LogP contribution >= 0.6 is 24.0 Å². The summed E-state index contributed by atoms with van der Waals surface area (Å²) >= 11 is 0. The largest absolute Gasteiger partial charge is 0.370 e. The van der Waals surface area contributed by atoms with Crippen LogP contribution in [0, 0.1) is 5.92 Å². The highest BCUT2D eigenvalue weighted by Gasteiger charge is 2.25. The van der Waals surface area contributed by atoms with E-state index < -0.39 is 0 Å². The van der Waals surface area contributed by atoms with Gasteiger partial charge in [-0.2, -0.15) is 0 Å². The predicted molar refractivity (Wildman–Crippen MR) is 127 cm³/mol. The standard InChI is InChI=1S/C22H31N5.HI/c1-17(2)21(27-14-11-18-7-3-4-8-19(18)16-27)15-26-22(23)25-13-10-20-9-5-6-12-24-20;/h3-9,12,17,21H,10-11,13-16H2,1-2H3,(H3,23,25,26);1H. The molecule has 0 amide bonds. The molecule has 3 N–H and O–H groups in total. The molecule has 0 fully saturated rings. The van der Waals surface area contributed by atoms with E-state index in [4.69, 9.17) is 5.73 Å². The minimum atomic E-state index is 0. The lowest BCUT2D eigenvalue weighted by Crippen LogP contribution is -2.45. The molecule has 0 spiro atoms. The van der Waals surface area contributed by atoms with Crippen LogP contribution in [0.1, 0.15) is 30.7 Å². The molecule has 28 heavy (non-hydrogen) atoms. The Bertz CT molecular complexity index is 748. The molecule has 3 rings (SSSR count). The molecule has 1 unspecified atom stereocenters. The molecular weight excluding hydrogens is 461 g/mol. The molecule has 6 heteroatoms. The van der Waals surface area contributed by atoms with Gasteiger partial charge in [0.15, 0.2) is 5.96 Å². The second-order valence-corrected chi connectivity index (χ2v) is 7.52. The normalized spacial score (nSPS) is 15.6. The van der Waals surface area contributed by atoms with Gasteiger partial charge in [0.1, 0.15) is 0 Å². The number of pyridine rings is 1. The third kappa shape index (κ3) is 6.44. The van der Waals surface area contributed by atoms with Gasteiger partial charge in [0.2, 0.25) is 0 Å². The van der Waals surface area contributed by atoms with E-state index in [2.05, 4.69) is 58.3 Å². The molecule has 1 aliphatic rings. The Morgan fingerprint density at radius 1 is 1.18 bits per heavy atom. The van der Waals surface area contributed by atoms with Gasteiger partial charge in [-0.15, -0.1) is 24.0 Å². The molecule has 1 aromatic carbocycles. The van der Waals surface area contributed by atoms with Crippen molar-refractivity contribution in [3.8, 4) is 0 Å². The summed E-state index contributed by atoms with van der Waals surface area (Å²) in [6, 6.07) is 15.1. The summed E-state index contributed by atoms with van der Waals surface area (Å²) < 4.78 is 0. The van der Waals surface area contributed by atoms with Gasteiger partial charge >= 0.3 is 0 Å². The van der Waals surface area contributed by atoms with E-state index in [9.17, 15) is 0 Å². The Morgan fingerprint density at radius 2 is 1.93 bits per heavy atom. The SMILES string of the molecule is CC(C)C(CN=C(N)NCCc1ccccn1)N1CCc2ccccc2C1.I. The minimum Gasteiger partial charge on any atom is -0.370 e. The van der Waals surface area contributed by atoms with Gasteiger partial charge in [0, 0.05) is 44.0 Å². The summed E-state index contributed by atoms with van der Waals surface area (Å²) in [5.41, 5.74) is 10.1. The lowest BCUT2D eigenvalue weighted by molar-refractivity contribution is 0.144. The maximum atomic E-state index is 6.09. The van der Waals surface area contributed by atoms with Gasteiger partial charge in [-0.05, 0) is 35.6 Å². The van der Waals surface area contributed by atoms with Crippen molar-refractivity contribution in [3.05, 3.63) is 65.5 Å². The van der Waals surface area contributed by atoms with E-state index in [0.29, 0.717) is 17.9 Å². The fraction of sp³-hybridized carbons (Fsp3) is 0.455. The van der Waals surface area contributed by atoms with Crippen LogP contribution in [0.2, 0.25) is 0 Å². The van der Waals surface area contributed by atoms with Crippen LogP contribution in [-0.4, -0.2) is 41.5 Å². The average Bonchev–Trinajstić information content (AvgIpc) is 2.68. The second kappa shape index (κ2) is 11.4. The van der Waals surface area contributed by atoms with Crippen LogP contribution in [0.15, 0.2) is 53.7 Å². The highest BCUT2D eigenvalue weighted by atomic mass is 127. The smallest absolute Gasteiger partial charge is 0.188 e. The van der Waals surface area contributed by atoms with Gasteiger partial charge in [-0.1, -0.05) is 44.2 Å². The second-order valence-electron chi connectivity index (χ2n) is 7.52. The zero-order valence-corrected chi connectivity index (χ0v) is 19.2. The fourth-order valence-corrected chi connectivity index (χ4v) is 3.66. The number of rotatable bonds is 7. The molecule has 2 heterocycles. The van der Waals surface area contributed by atoms with E-state index in [-0.39, 0.29) is 24.0 Å². The van der Waals surface area contributed by atoms with Gasteiger partial charge in [0.25, 0.3) is 0 Å². The summed E-state index contributed by atoms with van der Waals surface area (Å²) in [6.07, 6.45) is 3.77. The van der Waals surface area contributed by atoms with Crippen molar-refractivity contribution in [1.82, 2.24) is 15.2 Å². The molecule has 0 radical (unpaired) electrons. The van der Waals surface area contributed by atoms with E-state index in [1.165, 1.54) is 11.1 Å². The summed E-state index contributed by atoms with van der Waals surface area (Å²) in [7, 11) is 0. The number of benzene rings is 1. The molecule has 5 nitrogen and oxygen atoms in total. The van der Waals surface area contributed by atoms with Crippen molar-refractivity contribution < 1.29 is 0 Å². The van der Waals surface area contributed by atoms with Crippen molar-refractivity contribution in [2.24, 2.45) is 16.6 Å². The zero-order valence-electron chi connectivity index (χ0n) is 16.8. The number of nitrogens with one attached hydrogen (secondary N) is 1. The molecule has 1 aromatic heterocycles. The summed E-state index contributed by atoms with van der Waals surface area (Å²) in [4.78, 5) is 11.5. The van der Waals surface area contributed by atoms with Gasteiger partial charge in [-0.25, -0.2) is 0 Å². The van der Waals surface area contributed by atoms with Crippen molar-refractivity contribution in [2.75, 3.05) is 19.6 Å². The van der Waals surface area contributed by atoms with Crippen LogP contribution < -0.4 is 11.1 Å². The molecule has 1 atom stereocenters. The lowest BCUT2D eigenvalue weighted by atomic mass is 9.95. The molecule has 0 aliphatic carbocycles. The minimum absolute atomic E-state index is 0. The Hall–Kier alpha value is -1.67. The molecule has 0 bridgehead atoms. The Kier molecular flexibility index (Phi) is 9.18. The van der Waals surface area contributed by atoms with Crippen LogP contribution in [0.5, 0.6) is 0 Å². The molecule has 2 aromatic rings. The van der Waals surface area contributed by atoms with Crippen molar-refractivity contribution in [3.63, 3.8) is 0 Å². The van der Waals surface area contributed by atoms with E-state index in [1.807, 2.05) is 24.4 Å². The third-order valence-electron chi connectivity index (χ3n) is 5.26. The number of aromatic nitrogens is 1. The van der Waals surface area contributed by atoms with E-state index in [0.717, 1.165) is 44.7 Å². The van der Waals surface area contributed by atoms with E-state index >= 15 is 0 Å². The quantitative estimate of drug-likeness (QED) is 0.353. The van der Waals surface area contributed by atoms with Crippen molar-refractivity contribution >= 4 is 29.9 Å². The highest BCUT2D eigenvalue weighted by Crippen LogP contribution is 2.23. The van der Waals surface area contributed by atoms with Crippen LogP contribution in [-0.2, 0) is 19.4 Å². The number of hydrogen-bond acceptors (Lipinski definition) is 3.